The maximum absolute atomic E-state index is 11.1. The van der Waals surface area contributed by atoms with Gasteiger partial charge in [0, 0.05) is 17.8 Å². The lowest BCUT2D eigenvalue weighted by molar-refractivity contribution is -0.116. The lowest BCUT2D eigenvalue weighted by Crippen LogP contribution is -2.28. The first-order chi connectivity index (χ1) is 7.29. The van der Waals surface area contributed by atoms with E-state index in [1.54, 1.807) is 0 Å². The molecule has 5 nitrogen and oxygen atoms in total. The SMILES string of the molecule is NNCNc1ccc2c(c1)CCC(=O)N2. The quantitative estimate of drug-likeness (QED) is 0.328. The van der Waals surface area contributed by atoms with Crippen LogP contribution in [0.25, 0.3) is 0 Å². The summed E-state index contributed by atoms with van der Waals surface area (Å²) in [4.78, 5) is 11.1. The van der Waals surface area contributed by atoms with Gasteiger partial charge in [-0.25, -0.2) is 5.43 Å². The lowest BCUT2D eigenvalue weighted by atomic mass is 10.0. The highest BCUT2D eigenvalue weighted by Gasteiger charge is 2.14. The number of nitrogens with one attached hydrogen (secondary N) is 3. The maximum Gasteiger partial charge on any atom is 0.224 e. The summed E-state index contributed by atoms with van der Waals surface area (Å²) in [6.07, 6.45) is 1.36. The van der Waals surface area contributed by atoms with Crippen LogP contribution in [0.15, 0.2) is 18.2 Å². The second-order valence-corrected chi connectivity index (χ2v) is 3.48. The largest absolute Gasteiger partial charge is 0.371 e. The van der Waals surface area contributed by atoms with Gasteiger partial charge < -0.3 is 10.6 Å². The van der Waals surface area contributed by atoms with Gasteiger partial charge in [-0.05, 0) is 30.2 Å². The Morgan fingerprint density at radius 2 is 2.27 bits per heavy atom. The molecule has 15 heavy (non-hydrogen) atoms. The van der Waals surface area contributed by atoms with Crippen LogP contribution in [0.4, 0.5) is 11.4 Å². The summed E-state index contributed by atoms with van der Waals surface area (Å²) >= 11 is 0. The van der Waals surface area contributed by atoms with Crippen molar-refractivity contribution in [1.82, 2.24) is 5.43 Å². The van der Waals surface area contributed by atoms with Crippen molar-refractivity contribution in [3.05, 3.63) is 23.8 Å². The number of anilines is 2. The molecule has 1 amide bonds. The van der Waals surface area contributed by atoms with Gasteiger partial charge in [-0.2, -0.15) is 0 Å². The van der Waals surface area contributed by atoms with Gasteiger partial charge in [-0.1, -0.05) is 0 Å². The molecule has 1 aromatic rings. The Hall–Kier alpha value is -1.59. The zero-order valence-electron chi connectivity index (χ0n) is 8.34. The van der Waals surface area contributed by atoms with Crippen molar-refractivity contribution in [1.29, 1.82) is 0 Å². The molecule has 1 aliphatic rings. The maximum atomic E-state index is 11.1. The lowest BCUT2D eigenvalue weighted by Gasteiger charge is -2.17. The summed E-state index contributed by atoms with van der Waals surface area (Å²) in [5, 5.41) is 5.94. The highest BCUT2D eigenvalue weighted by atomic mass is 16.1. The number of benzene rings is 1. The molecule has 0 aromatic heterocycles. The average molecular weight is 206 g/mol. The van der Waals surface area contributed by atoms with Crippen LogP contribution in [0.3, 0.4) is 0 Å². The number of aryl methyl sites for hydroxylation is 1. The number of carbonyl (C=O) groups is 1. The van der Waals surface area contributed by atoms with E-state index in [0.29, 0.717) is 13.1 Å². The van der Waals surface area contributed by atoms with E-state index >= 15 is 0 Å². The standard InChI is InChI=1S/C10H14N4O/c11-13-6-12-8-2-3-9-7(5-8)1-4-10(15)14-9/h2-3,5,12-13H,1,4,6,11H2,(H,14,15). The second-order valence-electron chi connectivity index (χ2n) is 3.48. The number of amides is 1. The molecule has 0 unspecified atom stereocenters. The Morgan fingerprint density at radius 1 is 1.40 bits per heavy atom. The van der Waals surface area contributed by atoms with Gasteiger partial charge in [0.1, 0.15) is 0 Å². The van der Waals surface area contributed by atoms with E-state index in [0.717, 1.165) is 23.4 Å². The van der Waals surface area contributed by atoms with Crippen molar-refractivity contribution in [3.8, 4) is 0 Å². The van der Waals surface area contributed by atoms with Crippen molar-refractivity contribution in [2.45, 2.75) is 12.8 Å². The molecular weight excluding hydrogens is 192 g/mol. The van der Waals surface area contributed by atoms with Crippen LogP contribution in [0, 0.1) is 0 Å². The van der Waals surface area contributed by atoms with E-state index in [-0.39, 0.29) is 5.91 Å². The molecule has 0 bridgehead atoms. The molecule has 0 fully saturated rings. The number of nitrogens with two attached hydrogens (primary N) is 1. The fourth-order valence-corrected chi connectivity index (χ4v) is 1.65. The summed E-state index contributed by atoms with van der Waals surface area (Å²) in [6, 6.07) is 5.86. The third-order valence-electron chi connectivity index (χ3n) is 2.40. The van der Waals surface area contributed by atoms with Gasteiger partial charge in [-0.3, -0.25) is 10.6 Å². The highest BCUT2D eigenvalue weighted by Crippen LogP contribution is 2.25. The molecule has 0 atom stereocenters. The van der Waals surface area contributed by atoms with Crippen LogP contribution >= 0.6 is 0 Å². The normalized spacial score (nSPS) is 14.3. The smallest absolute Gasteiger partial charge is 0.224 e. The van der Waals surface area contributed by atoms with Crippen LogP contribution in [0.1, 0.15) is 12.0 Å². The number of hydrogen-bond acceptors (Lipinski definition) is 4. The van der Waals surface area contributed by atoms with E-state index in [1.165, 1.54) is 0 Å². The van der Waals surface area contributed by atoms with Gasteiger partial charge >= 0.3 is 0 Å². The minimum Gasteiger partial charge on any atom is -0.371 e. The first-order valence-corrected chi connectivity index (χ1v) is 4.90. The van der Waals surface area contributed by atoms with E-state index in [1.807, 2.05) is 18.2 Å². The summed E-state index contributed by atoms with van der Waals surface area (Å²) in [7, 11) is 0. The molecule has 0 saturated heterocycles. The van der Waals surface area contributed by atoms with Crippen molar-refractivity contribution >= 4 is 17.3 Å². The summed E-state index contributed by atoms with van der Waals surface area (Å²) in [6.45, 7) is 0.519. The Balaban J connectivity index is 2.15. The predicted molar refractivity (Wildman–Crippen MR) is 59.2 cm³/mol. The molecule has 0 aliphatic carbocycles. The minimum absolute atomic E-state index is 0.0897. The van der Waals surface area contributed by atoms with Gasteiger partial charge in [0.15, 0.2) is 0 Å². The van der Waals surface area contributed by atoms with Crippen LogP contribution in [-0.2, 0) is 11.2 Å². The summed E-state index contributed by atoms with van der Waals surface area (Å²) < 4.78 is 0. The van der Waals surface area contributed by atoms with E-state index in [4.69, 9.17) is 5.84 Å². The Bertz CT molecular complexity index is 378. The van der Waals surface area contributed by atoms with Crippen molar-refractivity contribution in [2.24, 2.45) is 5.84 Å². The summed E-state index contributed by atoms with van der Waals surface area (Å²) in [5.74, 6) is 5.25. The fraction of sp³-hybridized carbons (Fsp3) is 0.300. The number of rotatable bonds is 3. The molecule has 0 spiro atoms. The van der Waals surface area contributed by atoms with Gasteiger partial charge in [-0.15, -0.1) is 0 Å². The van der Waals surface area contributed by atoms with Crippen LogP contribution in [-0.4, -0.2) is 12.6 Å². The third kappa shape index (κ3) is 2.26. The molecule has 1 heterocycles. The van der Waals surface area contributed by atoms with Gasteiger partial charge in [0.05, 0.1) is 6.67 Å². The van der Waals surface area contributed by atoms with Crippen LogP contribution in [0.5, 0.6) is 0 Å². The number of hydrazine groups is 1. The van der Waals surface area contributed by atoms with E-state index in [2.05, 4.69) is 16.1 Å². The number of fused-ring (bicyclic) bond motifs is 1. The Kier molecular flexibility index (Phi) is 2.84. The third-order valence-corrected chi connectivity index (χ3v) is 2.40. The molecule has 1 aliphatic heterocycles. The molecule has 1 aromatic carbocycles. The first-order valence-electron chi connectivity index (χ1n) is 4.90. The molecule has 2 rings (SSSR count). The molecule has 0 radical (unpaired) electrons. The monoisotopic (exact) mass is 206 g/mol. The van der Waals surface area contributed by atoms with E-state index < -0.39 is 0 Å². The number of carbonyl (C=O) groups excluding carboxylic acids is 1. The second kappa shape index (κ2) is 4.29. The molecule has 5 heteroatoms. The van der Waals surface area contributed by atoms with Crippen LogP contribution in [0.2, 0.25) is 0 Å². The molecule has 0 saturated carbocycles. The van der Waals surface area contributed by atoms with Crippen molar-refractivity contribution in [2.75, 3.05) is 17.3 Å². The van der Waals surface area contributed by atoms with Gasteiger partial charge in [0.2, 0.25) is 5.91 Å². The first kappa shape index (κ1) is 9.95. The zero-order chi connectivity index (χ0) is 10.7. The summed E-state index contributed by atoms with van der Waals surface area (Å²) in [5.41, 5.74) is 5.60. The predicted octanol–water partition coefficient (Wildman–Crippen LogP) is 0.404. The zero-order valence-corrected chi connectivity index (χ0v) is 8.34. The van der Waals surface area contributed by atoms with Crippen LogP contribution < -0.4 is 21.9 Å². The Morgan fingerprint density at radius 3 is 3.07 bits per heavy atom. The van der Waals surface area contributed by atoms with Crippen molar-refractivity contribution < 1.29 is 4.79 Å². The fourth-order valence-electron chi connectivity index (χ4n) is 1.65. The van der Waals surface area contributed by atoms with Crippen molar-refractivity contribution in [3.63, 3.8) is 0 Å². The van der Waals surface area contributed by atoms with E-state index in [9.17, 15) is 4.79 Å². The molecular formula is C10H14N4O. The Labute approximate surface area is 88.0 Å². The minimum atomic E-state index is 0.0897. The molecule has 80 valence electrons. The topological polar surface area (TPSA) is 79.2 Å². The number of hydrogen-bond donors (Lipinski definition) is 4. The molecule has 5 N–H and O–H groups in total. The average Bonchev–Trinajstić information content (AvgIpc) is 2.26. The van der Waals surface area contributed by atoms with Gasteiger partial charge in [0.25, 0.3) is 0 Å². The highest BCUT2D eigenvalue weighted by molar-refractivity contribution is 5.94.